The Hall–Kier alpha value is -1.71. The van der Waals surface area contributed by atoms with E-state index in [1.165, 1.54) is 12.8 Å². The van der Waals surface area contributed by atoms with E-state index in [0.717, 1.165) is 36.6 Å². The van der Waals surface area contributed by atoms with Crippen LogP contribution in [0.2, 0.25) is 0 Å². The van der Waals surface area contributed by atoms with Crippen LogP contribution in [0.5, 0.6) is 5.75 Å². The summed E-state index contributed by atoms with van der Waals surface area (Å²) < 4.78 is 5.28. The van der Waals surface area contributed by atoms with E-state index in [2.05, 4.69) is 10.2 Å². The molecule has 0 atom stereocenters. The van der Waals surface area contributed by atoms with Gasteiger partial charge >= 0.3 is 0 Å². The molecule has 1 heterocycles. The van der Waals surface area contributed by atoms with Crippen LogP contribution in [0.4, 0.5) is 11.4 Å². The molecule has 0 saturated carbocycles. The summed E-state index contributed by atoms with van der Waals surface area (Å²) in [6.45, 7) is 4.10. The third-order valence-electron chi connectivity index (χ3n) is 3.40. The Morgan fingerprint density at radius 1 is 1.37 bits per heavy atom. The average molecular weight is 262 g/mol. The van der Waals surface area contributed by atoms with Gasteiger partial charge in [-0.2, -0.15) is 0 Å². The van der Waals surface area contributed by atoms with E-state index in [1.807, 2.05) is 25.1 Å². The smallest absolute Gasteiger partial charge is 0.224 e. The predicted octanol–water partition coefficient (Wildman–Crippen LogP) is 3.03. The van der Waals surface area contributed by atoms with Crippen molar-refractivity contribution < 1.29 is 9.53 Å². The van der Waals surface area contributed by atoms with E-state index in [4.69, 9.17) is 4.74 Å². The van der Waals surface area contributed by atoms with Crippen molar-refractivity contribution in [2.45, 2.75) is 32.6 Å². The van der Waals surface area contributed by atoms with Gasteiger partial charge < -0.3 is 15.0 Å². The predicted molar refractivity (Wildman–Crippen MR) is 78.0 cm³/mol. The van der Waals surface area contributed by atoms with Crippen molar-refractivity contribution in [2.75, 3.05) is 30.4 Å². The van der Waals surface area contributed by atoms with E-state index in [1.54, 1.807) is 7.11 Å². The Morgan fingerprint density at radius 3 is 2.74 bits per heavy atom. The van der Waals surface area contributed by atoms with Crippen molar-refractivity contribution >= 4 is 17.3 Å². The lowest BCUT2D eigenvalue weighted by molar-refractivity contribution is -0.116. The molecule has 1 aromatic carbocycles. The van der Waals surface area contributed by atoms with Crippen LogP contribution in [0.15, 0.2) is 18.2 Å². The van der Waals surface area contributed by atoms with Crippen LogP contribution in [0.3, 0.4) is 0 Å². The summed E-state index contributed by atoms with van der Waals surface area (Å²) in [6, 6.07) is 5.83. The summed E-state index contributed by atoms with van der Waals surface area (Å²) in [7, 11) is 1.67. The molecule has 4 heteroatoms. The highest BCUT2D eigenvalue weighted by Gasteiger charge is 2.17. The van der Waals surface area contributed by atoms with E-state index in [0.29, 0.717) is 6.42 Å². The van der Waals surface area contributed by atoms with Crippen molar-refractivity contribution in [2.24, 2.45) is 0 Å². The summed E-state index contributed by atoms with van der Waals surface area (Å²) in [5.74, 6) is 0.906. The molecule has 1 aliphatic heterocycles. The highest BCUT2D eigenvalue weighted by Crippen LogP contribution is 2.32. The van der Waals surface area contributed by atoms with Crippen LogP contribution in [0.25, 0.3) is 0 Å². The van der Waals surface area contributed by atoms with E-state index in [-0.39, 0.29) is 5.91 Å². The first kappa shape index (κ1) is 13.7. The van der Waals surface area contributed by atoms with Crippen molar-refractivity contribution in [1.29, 1.82) is 0 Å². The first-order valence-corrected chi connectivity index (χ1v) is 6.97. The average Bonchev–Trinajstić information content (AvgIpc) is 2.93. The largest absolute Gasteiger partial charge is 0.497 e. The molecule has 1 fully saturated rings. The zero-order valence-electron chi connectivity index (χ0n) is 11.7. The lowest BCUT2D eigenvalue weighted by Gasteiger charge is -2.22. The molecule has 0 spiro atoms. The van der Waals surface area contributed by atoms with Crippen molar-refractivity contribution in [3.05, 3.63) is 18.2 Å². The molecule has 4 nitrogen and oxygen atoms in total. The monoisotopic (exact) mass is 262 g/mol. The zero-order valence-corrected chi connectivity index (χ0v) is 11.7. The van der Waals surface area contributed by atoms with Gasteiger partial charge in [-0.1, -0.05) is 6.92 Å². The van der Waals surface area contributed by atoms with Gasteiger partial charge in [0.05, 0.1) is 18.5 Å². The van der Waals surface area contributed by atoms with Gasteiger partial charge in [0.1, 0.15) is 5.75 Å². The molecule has 1 amide bonds. The molecule has 0 unspecified atom stereocenters. The van der Waals surface area contributed by atoms with Gasteiger partial charge in [0, 0.05) is 25.6 Å². The number of amides is 1. The number of anilines is 2. The van der Waals surface area contributed by atoms with Crippen LogP contribution in [0, 0.1) is 0 Å². The molecular weight excluding hydrogens is 240 g/mol. The second kappa shape index (κ2) is 6.45. The Balaban J connectivity index is 2.22. The highest BCUT2D eigenvalue weighted by atomic mass is 16.5. The number of methoxy groups -OCH3 is 1. The fraction of sp³-hybridized carbons (Fsp3) is 0.533. The number of ether oxygens (including phenoxy) is 1. The highest BCUT2D eigenvalue weighted by molar-refractivity contribution is 5.94. The summed E-state index contributed by atoms with van der Waals surface area (Å²) in [6.07, 6.45) is 3.84. The standard InChI is InChI=1S/C15H22N2O2/c1-3-6-15(18)16-13-8-7-12(19-2)11-14(13)17-9-4-5-10-17/h7-8,11H,3-6,9-10H2,1-2H3,(H,16,18). The van der Waals surface area contributed by atoms with Gasteiger partial charge in [-0.05, 0) is 31.4 Å². The van der Waals surface area contributed by atoms with Gasteiger partial charge in [0.15, 0.2) is 0 Å². The van der Waals surface area contributed by atoms with Crippen LogP contribution >= 0.6 is 0 Å². The maximum Gasteiger partial charge on any atom is 0.224 e. The minimum absolute atomic E-state index is 0.0770. The second-order valence-electron chi connectivity index (χ2n) is 4.88. The fourth-order valence-electron chi connectivity index (χ4n) is 2.40. The molecule has 2 rings (SSSR count). The van der Waals surface area contributed by atoms with Crippen molar-refractivity contribution in [3.8, 4) is 5.75 Å². The molecule has 0 aromatic heterocycles. The lowest BCUT2D eigenvalue weighted by Crippen LogP contribution is -2.21. The topological polar surface area (TPSA) is 41.6 Å². The van der Waals surface area contributed by atoms with E-state index < -0.39 is 0 Å². The number of carbonyl (C=O) groups is 1. The maximum atomic E-state index is 11.8. The molecule has 1 saturated heterocycles. The molecule has 0 bridgehead atoms. The fourth-order valence-corrected chi connectivity index (χ4v) is 2.40. The van der Waals surface area contributed by atoms with Gasteiger partial charge in [-0.25, -0.2) is 0 Å². The number of hydrogen-bond acceptors (Lipinski definition) is 3. The molecule has 19 heavy (non-hydrogen) atoms. The summed E-state index contributed by atoms with van der Waals surface area (Å²) in [5, 5.41) is 3.00. The van der Waals surface area contributed by atoms with Crippen LogP contribution in [0.1, 0.15) is 32.6 Å². The van der Waals surface area contributed by atoms with E-state index >= 15 is 0 Å². The first-order valence-electron chi connectivity index (χ1n) is 6.97. The van der Waals surface area contributed by atoms with Gasteiger partial charge in [0.25, 0.3) is 0 Å². The third-order valence-corrected chi connectivity index (χ3v) is 3.40. The minimum atomic E-state index is 0.0770. The van der Waals surface area contributed by atoms with Crippen LogP contribution < -0.4 is 15.0 Å². The van der Waals surface area contributed by atoms with Crippen molar-refractivity contribution in [1.82, 2.24) is 0 Å². The molecule has 1 aromatic rings. The Kier molecular flexibility index (Phi) is 4.66. The molecule has 0 aliphatic carbocycles. The Bertz CT molecular complexity index is 440. The number of rotatable bonds is 5. The number of hydrogen-bond donors (Lipinski definition) is 1. The van der Waals surface area contributed by atoms with E-state index in [9.17, 15) is 4.79 Å². The molecule has 1 N–H and O–H groups in total. The second-order valence-corrected chi connectivity index (χ2v) is 4.88. The van der Waals surface area contributed by atoms with Crippen LogP contribution in [-0.2, 0) is 4.79 Å². The molecule has 104 valence electrons. The normalized spacial score (nSPS) is 14.5. The summed E-state index contributed by atoms with van der Waals surface area (Å²) in [4.78, 5) is 14.1. The lowest BCUT2D eigenvalue weighted by atomic mass is 10.2. The number of nitrogens with zero attached hydrogens (tertiary/aromatic N) is 1. The molecule has 1 aliphatic rings. The van der Waals surface area contributed by atoms with Crippen molar-refractivity contribution in [3.63, 3.8) is 0 Å². The van der Waals surface area contributed by atoms with Gasteiger partial charge in [-0.3, -0.25) is 4.79 Å². The first-order chi connectivity index (χ1) is 9.24. The summed E-state index contributed by atoms with van der Waals surface area (Å²) in [5.41, 5.74) is 1.96. The zero-order chi connectivity index (χ0) is 13.7. The molecular formula is C15H22N2O2. The van der Waals surface area contributed by atoms with Crippen LogP contribution in [-0.4, -0.2) is 26.1 Å². The summed E-state index contributed by atoms with van der Waals surface area (Å²) >= 11 is 0. The SMILES string of the molecule is CCCC(=O)Nc1ccc(OC)cc1N1CCCC1. The Labute approximate surface area is 114 Å². The Morgan fingerprint density at radius 2 is 2.11 bits per heavy atom. The minimum Gasteiger partial charge on any atom is -0.497 e. The van der Waals surface area contributed by atoms with Gasteiger partial charge in [-0.15, -0.1) is 0 Å². The number of carbonyl (C=O) groups excluding carboxylic acids is 1. The number of nitrogens with one attached hydrogen (secondary N) is 1. The maximum absolute atomic E-state index is 11.8. The number of benzene rings is 1. The van der Waals surface area contributed by atoms with Gasteiger partial charge in [0.2, 0.25) is 5.91 Å². The quantitative estimate of drug-likeness (QED) is 0.886. The molecule has 0 radical (unpaired) electrons. The third kappa shape index (κ3) is 3.40.